The monoisotopic (exact) mass is 402 g/mol. The normalized spacial score (nSPS) is 33.2. The Hall–Kier alpha value is -1.30. The second-order valence-corrected chi connectivity index (χ2v) is 10.1. The van der Waals surface area contributed by atoms with Crippen LogP contribution >= 0.6 is 0 Å². The van der Waals surface area contributed by atoms with Gasteiger partial charge in [-0.25, -0.2) is 4.79 Å². The molecule has 0 bridgehead atoms. The molecule has 5 rings (SSSR count). The summed E-state index contributed by atoms with van der Waals surface area (Å²) in [5, 5.41) is 3.25. The third-order valence-corrected chi connectivity index (χ3v) is 8.52. The van der Waals surface area contributed by atoms with Crippen LogP contribution in [0.15, 0.2) is 0 Å². The SMILES string of the molecule is O=C(C1CCCC1)N1CCC(N2CCC(N3C(=O)N[C@@H]4CCCC[C@H]43)CC2)CC1. The first-order valence-electron chi connectivity index (χ1n) is 12.3. The van der Waals surface area contributed by atoms with Gasteiger partial charge in [0.1, 0.15) is 0 Å². The van der Waals surface area contributed by atoms with Gasteiger partial charge in [-0.15, -0.1) is 0 Å². The number of piperidine rings is 2. The van der Waals surface area contributed by atoms with Gasteiger partial charge in [-0.1, -0.05) is 25.7 Å². The molecule has 6 nitrogen and oxygen atoms in total. The molecular formula is C23H38N4O2. The van der Waals surface area contributed by atoms with Crippen LogP contribution in [0, 0.1) is 5.92 Å². The molecule has 162 valence electrons. The van der Waals surface area contributed by atoms with E-state index < -0.39 is 0 Å². The van der Waals surface area contributed by atoms with E-state index in [1.165, 1.54) is 32.1 Å². The Labute approximate surface area is 175 Å². The minimum atomic E-state index is 0.194. The molecular weight excluding hydrogens is 364 g/mol. The van der Waals surface area contributed by atoms with Gasteiger partial charge in [0.05, 0.1) is 12.1 Å². The summed E-state index contributed by atoms with van der Waals surface area (Å²) in [4.78, 5) is 32.3. The zero-order valence-corrected chi connectivity index (χ0v) is 17.9. The smallest absolute Gasteiger partial charge is 0.318 e. The van der Waals surface area contributed by atoms with E-state index in [2.05, 4.69) is 20.0 Å². The van der Waals surface area contributed by atoms with Crippen molar-refractivity contribution in [3.63, 3.8) is 0 Å². The molecule has 1 N–H and O–H groups in total. The lowest BCUT2D eigenvalue weighted by Gasteiger charge is -2.44. The van der Waals surface area contributed by atoms with Crippen molar-refractivity contribution in [2.75, 3.05) is 26.2 Å². The van der Waals surface area contributed by atoms with Gasteiger partial charge >= 0.3 is 6.03 Å². The molecule has 3 aliphatic heterocycles. The summed E-state index contributed by atoms with van der Waals surface area (Å²) in [5.74, 6) is 0.749. The number of urea groups is 1. The third-order valence-electron chi connectivity index (χ3n) is 8.52. The van der Waals surface area contributed by atoms with Crippen LogP contribution < -0.4 is 5.32 Å². The van der Waals surface area contributed by atoms with Gasteiger partial charge in [0.25, 0.3) is 0 Å². The summed E-state index contributed by atoms with van der Waals surface area (Å²) in [5.41, 5.74) is 0. The number of hydrogen-bond acceptors (Lipinski definition) is 3. The molecule has 0 aromatic rings. The lowest BCUT2D eigenvalue weighted by Crippen LogP contribution is -2.54. The molecule has 3 saturated heterocycles. The highest BCUT2D eigenvalue weighted by Crippen LogP contribution is 2.33. The summed E-state index contributed by atoms with van der Waals surface area (Å²) in [7, 11) is 0. The predicted molar refractivity (Wildman–Crippen MR) is 113 cm³/mol. The Kier molecular flexibility index (Phi) is 5.72. The molecule has 0 spiro atoms. The first kappa shape index (κ1) is 19.7. The lowest BCUT2D eigenvalue weighted by atomic mass is 9.89. The fourth-order valence-corrected chi connectivity index (χ4v) is 6.84. The fraction of sp³-hybridized carbons (Fsp3) is 0.913. The molecule has 2 atom stereocenters. The van der Waals surface area contributed by atoms with Crippen molar-refractivity contribution in [3.8, 4) is 0 Å². The van der Waals surface area contributed by atoms with Crippen LogP contribution in [0.1, 0.15) is 77.0 Å². The van der Waals surface area contributed by atoms with Gasteiger partial charge in [0, 0.05) is 44.2 Å². The number of likely N-dealkylation sites (tertiary alicyclic amines) is 2. The zero-order valence-electron chi connectivity index (χ0n) is 17.9. The Balaban J connectivity index is 1.10. The quantitative estimate of drug-likeness (QED) is 0.790. The zero-order chi connectivity index (χ0) is 19.8. The van der Waals surface area contributed by atoms with Gasteiger partial charge in [-0.3, -0.25) is 4.79 Å². The summed E-state index contributed by atoms with van der Waals surface area (Å²) in [6, 6.07) is 2.08. The van der Waals surface area contributed by atoms with Gasteiger partial charge in [0.15, 0.2) is 0 Å². The molecule has 5 aliphatic rings. The van der Waals surface area contributed by atoms with Gasteiger partial charge in [-0.2, -0.15) is 0 Å². The molecule has 0 aromatic heterocycles. The van der Waals surface area contributed by atoms with Crippen LogP contribution in [0.4, 0.5) is 4.79 Å². The molecule has 0 unspecified atom stereocenters. The number of nitrogens with zero attached hydrogens (tertiary/aromatic N) is 3. The second-order valence-electron chi connectivity index (χ2n) is 10.1. The van der Waals surface area contributed by atoms with Gasteiger partial charge < -0.3 is 20.0 Å². The Bertz CT molecular complexity index is 604. The third kappa shape index (κ3) is 3.89. The molecule has 3 heterocycles. The van der Waals surface area contributed by atoms with Crippen molar-refractivity contribution in [2.45, 2.75) is 101 Å². The maximum Gasteiger partial charge on any atom is 0.318 e. The molecule has 3 amide bonds. The molecule has 6 heteroatoms. The van der Waals surface area contributed by atoms with Crippen molar-refractivity contribution in [3.05, 3.63) is 0 Å². The van der Waals surface area contributed by atoms with E-state index in [1.807, 2.05) is 0 Å². The van der Waals surface area contributed by atoms with E-state index in [-0.39, 0.29) is 6.03 Å². The van der Waals surface area contributed by atoms with Crippen molar-refractivity contribution in [2.24, 2.45) is 5.92 Å². The molecule has 5 fully saturated rings. The largest absolute Gasteiger partial charge is 0.342 e. The molecule has 0 radical (unpaired) electrons. The minimum Gasteiger partial charge on any atom is -0.342 e. The van der Waals surface area contributed by atoms with Crippen LogP contribution in [0.3, 0.4) is 0 Å². The van der Waals surface area contributed by atoms with Gasteiger partial charge in [0.2, 0.25) is 5.91 Å². The second kappa shape index (κ2) is 8.44. The van der Waals surface area contributed by atoms with Crippen LogP contribution in [-0.2, 0) is 4.79 Å². The minimum absolute atomic E-state index is 0.194. The fourth-order valence-electron chi connectivity index (χ4n) is 6.84. The van der Waals surface area contributed by atoms with Crippen LogP contribution in [0.2, 0.25) is 0 Å². The average molecular weight is 403 g/mol. The molecule has 2 aliphatic carbocycles. The molecule has 0 aromatic carbocycles. The van der Waals surface area contributed by atoms with E-state index in [4.69, 9.17) is 0 Å². The number of carbonyl (C=O) groups is 2. The number of hydrogen-bond donors (Lipinski definition) is 1. The topological polar surface area (TPSA) is 55.9 Å². The highest BCUT2D eigenvalue weighted by molar-refractivity contribution is 5.79. The van der Waals surface area contributed by atoms with Crippen LogP contribution in [-0.4, -0.2) is 77.0 Å². The lowest BCUT2D eigenvalue weighted by molar-refractivity contribution is -0.137. The van der Waals surface area contributed by atoms with Gasteiger partial charge in [-0.05, 0) is 51.4 Å². The summed E-state index contributed by atoms with van der Waals surface area (Å²) in [6.07, 6.45) is 14.0. The predicted octanol–water partition coefficient (Wildman–Crippen LogP) is 2.97. The van der Waals surface area contributed by atoms with Crippen molar-refractivity contribution in [1.82, 2.24) is 20.0 Å². The van der Waals surface area contributed by atoms with E-state index in [0.717, 1.165) is 71.1 Å². The van der Waals surface area contributed by atoms with Crippen LogP contribution in [0.25, 0.3) is 0 Å². The average Bonchev–Trinajstić information content (AvgIpc) is 3.41. The van der Waals surface area contributed by atoms with E-state index in [1.54, 1.807) is 0 Å². The summed E-state index contributed by atoms with van der Waals surface area (Å²) >= 11 is 0. The first-order chi connectivity index (χ1) is 14.2. The van der Waals surface area contributed by atoms with E-state index in [0.29, 0.717) is 36.0 Å². The van der Waals surface area contributed by atoms with E-state index >= 15 is 0 Å². The number of amides is 3. The maximum atomic E-state index is 12.7. The van der Waals surface area contributed by atoms with E-state index in [9.17, 15) is 9.59 Å². The Morgan fingerprint density at radius 3 is 2.10 bits per heavy atom. The molecule has 2 saturated carbocycles. The first-order valence-corrected chi connectivity index (χ1v) is 12.3. The molecule has 29 heavy (non-hydrogen) atoms. The van der Waals surface area contributed by atoms with Crippen molar-refractivity contribution >= 4 is 11.9 Å². The Morgan fingerprint density at radius 1 is 0.759 bits per heavy atom. The summed E-state index contributed by atoms with van der Waals surface area (Å²) in [6.45, 7) is 4.09. The van der Waals surface area contributed by atoms with Crippen molar-refractivity contribution < 1.29 is 9.59 Å². The number of carbonyl (C=O) groups excluding carboxylic acids is 2. The number of rotatable bonds is 3. The van der Waals surface area contributed by atoms with Crippen LogP contribution in [0.5, 0.6) is 0 Å². The Morgan fingerprint density at radius 2 is 1.38 bits per heavy atom. The highest BCUT2D eigenvalue weighted by atomic mass is 16.2. The standard InChI is InChI=1S/C23H38N4O2/c28-22(17-5-1-2-6-17)26-15-9-18(10-16-26)25-13-11-19(12-14-25)27-21-8-4-3-7-20(21)24-23(27)29/h17-21H,1-16H2,(H,24,29)/t20-,21-/m1/s1. The maximum absolute atomic E-state index is 12.7. The van der Waals surface area contributed by atoms with Crippen molar-refractivity contribution in [1.29, 1.82) is 0 Å². The highest BCUT2D eigenvalue weighted by Gasteiger charge is 2.44. The number of fused-ring (bicyclic) bond motifs is 1. The number of nitrogens with one attached hydrogen (secondary N) is 1. The summed E-state index contributed by atoms with van der Waals surface area (Å²) < 4.78 is 0.